The van der Waals surface area contributed by atoms with Crippen LogP contribution in [-0.4, -0.2) is 64.5 Å². The molecule has 26 heavy (non-hydrogen) atoms. The molecule has 0 aromatic rings. The molecule has 2 aliphatic heterocycles. The van der Waals surface area contributed by atoms with Crippen molar-refractivity contribution in [2.45, 2.75) is 103 Å². The summed E-state index contributed by atoms with van der Waals surface area (Å²) in [5.41, 5.74) is -2.41. The zero-order valence-corrected chi connectivity index (χ0v) is 17.6. The second kappa shape index (κ2) is 6.65. The maximum Gasteiger partial charge on any atom is 0.460 e. The first-order chi connectivity index (χ1) is 11.6. The standard InChI is InChI=1S/C18H34BNO6/c1-15(2,3)24-14(22)20-12(11-23-18(20,8)9)13(21)10-19-25-16(4,5)17(6,7)26-19/h12-13,21H,10-11H2,1-9H3/t12-,13+/m1/s1. The van der Waals surface area contributed by atoms with Crippen LogP contribution in [0.4, 0.5) is 4.79 Å². The van der Waals surface area contributed by atoms with E-state index in [2.05, 4.69) is 0 Å². The van der Waals surface area contributed by atoms with E-state index in [0.29, 0.717) is 0 Å². The van der Waals surface area contributed by atoms with Crippen LogP contribution in [0.2, 0.25) is 6.32 Å². The molecular weight excluding hydrogens is 337 g/mol. The summed E-state index contributed by atoms with van der Waals surface area (Å²) in [7, 11) is -0.542. The van der Waals surface area contributed by atoms with E-state index in [0.717, 1.165) is 0 Å². The first kappa shape index (κ1) is 21.5. The number of carbonyl (C=O) groups excluding carboxylic acids is 1. The van der Waals surface area contributed by atoms with Crippen LogP contribution in [0.3, 0.4) is 0 Å². The zero-order valence-electron chi connectivity index (χ0n) is 17.6. The van der Waals surface area contributed by atoms with Gasteiger partial charge in [0.1, 0.15) is 11.3 Å². The fourth-order valence-electron chi connectivity index (χ4n) is 3.20. The number of aliphatic hydroxyl groups excluding tert-OH is 1. The van der Waals surface area contributed by atoms with Crippen LogP contribution in [-0.2, 0) is 18.8 Å². The maximum absolute atomic E-state index is 12.7. The van der Waals surface area contributed by atoms with E-state index in [4.69, 9.17) is 18.8 Å². The van der Waals surface area contributed by atoms with Gasteiger partial charge in [0.05, 0.1) is 30.0 Å². The molecule has 0 aliphatic carbocycles. The first-order valence-corrected chi connectivity index (χ1v) is 9.26. The molecule has 8 heteroatoms. The number of amides is 1. The predicted octanol–water partition coefficient (Wildman–Crippen LogP) is 2.81. The lowest BCUT2D eigenvalue weighted by molar-refractivity contribution is -0.0672. The van der Waals surface area contributed by atoms with E-state index in [1.165, 1.54) is 4.90 Å². The molecule has 0 bridgehead atoms. The average molecular weight is 371 g/mol. The molecule has 7 nitrogen and oxygen atoms in total. The highest BCUT2D eigenvalue weighted by molar-refractivity contribution is 6.45. The van der Waals surface area contributed by atoms with Crippen molar-refractivity contribution in [3.05, 3.63) is 0 Å². The predicted molar refractivity (Wildman–Crippen MR) is 98.8 cm³/mol. The maximum atomic E-state index is 12.7. The van der Waals surface area contributed by atoms with Gasteiger partial charge in [0.25, 0.3) is 0 Å². The van der Waals surface area contributed by atoms with Gasteiger partial charge >= 0.3 is 13.2 Å². The Labute approximate surface area is 157 Å². The number of aliphatic hydroxyl groups is 1. The summed E-state index contributed by atoms with van der Waals surface area (Å²) in [5, 5.41) is 10.8. The molecule has 0 unspecified atom stereocenters. The van der Waals surface area contributed by atoms with Gasteiger partial charge in [-0.25, -0.2) is 4.79 Å². The van der Waals surface area contributed by atoms with Gasteiger partial charge in [-0.1, -0.05) is 0 Å². The Morgan fingerprint density at radius 1 is 1.19 bits per heavy atom. The molecule has 2 saturated heterocycles. The van der Waals surface area contributed by atoms with Crippen LogP contribution in [0.15, 0.2) is 0 Å². The molecule has 1 amide bonds. The highest BCUT2D eigenvalue weighted by atomic mass is 16.7. The van der Waals surface area contributed by atoms with Gasteiger partial charge in [-0.3, -0.25) is 4.90 Å². The molecule has 0 spiro atoms. The van der Waals surface area contributed by atoms with Gasteiger partial charge in [-0.05, 0) is 62.3 Å². The topological polar surface area (TPSA) is 77.5 Å². The summed E-state index contributed by atoms with van der Waals surface area (Å²) in [5.74, 6) is 0. The second-order valence-electron chi connectivity index (χ2n) is 9.66. The van der Waals surface area contributed by atoms with Crippen molar-refractivity contribution < 1.29 is 28.7 Å². The van der Waals surface area contributed by atoms with Crippen LogP contribution in [0.1, 0.15) is 62.3 Å². The minimum absolute atomic E-state index is 0.229. The Morgan fingerprint density at radius 2 is 1.69 bits per heavy atom. The third kappa shape index (κ3) is 4.35. The molecular formula is C18H34BNO6. The number of hydrogen-bond acceptors (Lipinski definition) is 6. The van der Waals surface area contributed by atoms with Gasteiger partial charge in [0.2, 0.25) is 0 Å². The Balaban J connectivity index is 2.10. The molecule has 0 saturated carbocycles. The van der Waals surface area contributed by atoms with E-state index < -0.39 is 47.9 Å². The van der Waals surface area contributed by atoms with E-state index in [9.17, 15) is 9.90 Å². The highest BCUT2D eigenvalue weighted by Gasteiger charge is 2.54. The molecule has 150 valence electrons. The summed E-state index contributed by atoms with van der Waals surface area (Å²) in [6, 6.07) is -0.529. The number of rotatable bonds is 3. The second-order valence-corrected chi connectivity index (χ2v) is 9.66. The molecule has 2 fully saturated rings. The summed E-state index contributed by atoms with van der Waals surface area (Å²) < 4.78 is 23.2. The van der Waals surface area contributed by atoms with Crippen molar-refractivity contribution in [1.82, 2.24) is 4.90 Å². The minimum Gasteiger partial charge on any atom is -0.444 e. The van der Waals surface area contributed by atoms with Gasteiger partial charge in [-0.2, -0.15) is 0 Å². The lowest BCUT2D eigenvalue weighted by Crippen LogP contribution is -2.53. The molecule has 1 N–H and O–H groups in total. The molecule has 2 heterocycles. The van der Waals surface area contributed by atoms with E-state index in [1.807, 2.05) is 48.5 Å². The normalized spacial score (nSPS) is 28.3. The quantitative estimate of drug-likeness (QED) is 0.769. The van der Waals surface area contributed by atoms with Gasteiger partial charge < -0.3 is 23.9 Å². The highest BCUT2D eigenvalue weighted by Crippen LogP contribution is 2.39. The van der Waals surface area contributed by atoms with Gasteiger partial charge in [-0.15, -0.1) is 0 Å². The lowest BCUT2D eigenvalue weighted by Gasteiger charge is -2.36. The lowest BCUT2D eigenvalue weighted by atomic mass is 9.79. The van der Waals surface area contributed by atoms with Gasteiger partial charge in [0.15, 0.2) is 0 Å². The number of ether oxygens (including phenoxy) is 2. The number of carbonyl (C=O) groups is 1. The average Bonchev–Trinajstić information content (AvgIpc) is 2.80. The fourth-order valence-corrected chi connectivity index (χ4v) is 3.20. The Hall–Kier alpha value is -0.825. The number of nitrogens with zero attached hydrogens (tertiary/aromatic N) is 1. The summed E-state index contributed by atoms with van der Waals surface area (Å²) in [4.78, 5) is 14.2. The number of hydrogen-bond donors (Lipinski definition) is 1. The van der Waals surface area contributed by atoms with Crippen LogP contribution in [0.5, 0.6) is 0 Å². The van der Waals surface area contributed by atoms with Crippen LogP contribution >= 0.6 is 0 Å². The van der Waals surface area contributed by atoms with Crippen LogP contribution in [0, 0.1) is 0 Å². The zero-order chi connectivity index (χ0) is 20.1. The van der Waals surface area contributed by atoms with Crippen molar-refractivity contribution in [2.75, 3.05) is 6.61 Å². The molecule has 2 rings (SSSR count). The van der Waals surface area contributed by atoms with Crippen molar-refractivity contribution in [3.63, 3.8) is 0 Å². The molecule has 0 radical (unpaired) electrons. The fraction of sp³-hybridized carbons (Fsp3) is 0.944. The molecule has 2 atom stereocenters. The molecule has 0 aromatic carbocycles. The minimum atomic E-state index is -0.862. The van der Waals surface area contributed by atoms with Crippen molar-refractivity contribution in [1.29, 1.82) is 0 Å². The Kier molecular flexibility index (Phi) is 5.50. The Morgan fingerprint density at radius 3 is 2.15 bits per heavy atom. The first-order valence-electron chi connectivity index (χ1n) is 9.26. The smallest absolute Gasteiger partial charge is 0.444 e. The van der Waals surface area contributed by atoms with Crippen molar-refractivity contribution in [2.24, 2.45) is 0 Å². The summed E-state index contributed by atoms with van der Waals surface area (Å²) in [6.07, 6.45) is -1.12. The third-order valence-electron chi connectivity index (χ3n) is 5.29. The molecule has 0 aromatic heterocycles. The van der Waals surface area contributed by atoms with Crippen LogP contribution < -0.4 is 0 Å². The van der Waals surface area contributed by atoms with E-state index in [-0.39, 0.29) is 12.9 Å². The van der Waals surface area contributed by atoms with Crippen molar-refractivity contribution >= 4 is 13.2 Å². The SMILES string of the molecule is CC(C)(C)OC(=O)N1[C@@H]([C@@H](O)CB2OC(C)(C)C(C)(C)O2)COC1(C)C. The molecule has 2 aliphatic rings. The van der Waals surface area contributed by atoms with Gasteiger partial charge in [0, 0.05) is 6.32 Å². The monoisotopic (exact) mass is 371 g/mol. The summed E-state index contributed by atoms with van der Waals surface area (Å²) in [6.45, 7) is 17.1. The van der Waals surface area contributed by atoms with E-state index >= 15 is 0 Å². The largest absolute Gasteiger partial charge is 0.460 e. The summed E-state index contributed by atoms with van der Waals surface area (Å²) >= 11 is 0. The van der Waals surface area contributed by atoms with Crippen LogP contribution in [0.25, 0.3) is 0 Å². The van der Waals surface area contributed by atoms with Crippen molar-refractivity contribution in [3.8, 4) is 0 Å². The third-order valence-corrected chi connectivity index (χ3v) is 5.29. The van der Waals surface area contributed by atoms with E-state index in [1.54, 1.807) is 13.8 Å². The Bertz CT molecular complexity index is 526.